The summed E-state index contributed by atoms with van der Waals surface area (Å²) < 4.78 is 0. The van der Waals surface area contributed by atoms with E-state index in [0.29, 0.717) is 0 Å². The lowest BCUT2D eigenvalue weighted by Gasteiger charge is -2.45. The molecule has 0 bridgehead atoms. The highest BCUT2D eigenvalue weighted by molar-refractivity contribution is 7.20. The largest absolute Gasteiger partial charge is 0.376 e. The molecule has 0 aliphatic carbocycles. The first-order valence-electron chi connectivity index (χ1n) is 32.0. The van der Waals surface area contributed by atoms with Crippen LogP contribution in [-0.2, 0) is 0 Å². The van der Waals surface area contributed by atoms with Crippen molar-refractivity contribution in [3.05, 3.63) is 328 Å². The molecule has 7 heteroatoms. The highest BCUT2D eigenvalue weighted by Crippen LogP contribution is 2.51. The molecule has 0 spiro atoms. The summed E-state index contributed by atoms with van der Waals surface area (Å²) in [4.78, 5) is 7.90. The van der Waals surface area contributed by atoms with Crippen molar-refractivity contribution in [1.29, 1.82) is 0 Å². The van der Waals surface area contributed by atoms with E-state index < -0.39 is 8.07 Å². The van der Waals surface area contributed by atoms with E-state index in [1.54, 1.807) is 0 Å². The molecule has 91 heavy (non-hydrogen) atoms. The fourth-order valence-electron chi connectivity index (χ4n) is 17.3. The summed E-state index contributed by atoms with van der Waals surface area (Å²) in [5.74, 6) is 0. The maximum Gasteiger partial charge on any atom is 0.329 e. The molecule has 6 aliphatic heterocycles. The molecule has 0 atom stereocenters. The molecular formula is C84H54B3N3Si. The van der Waals surface area contributed by atoms with E-state index >= 15 is 0 Å². The zero-order valence-electron chi connectivity index (χ0n) is 49.8. The molecule has 0 aromatic heterocycles. The zero-order chi connectivity index (χ0) is 59.5. The second-order valence-electron chi connectivity index (χ2n) is 25.3. The zero-order valence-corrected chi connectivity index (χ0v) is 50.8. The number of benzene rings is 14. The molecule has 6 heterocycles. The molecule has 3 nitrogen and oxygen atoms in total. The van der Waals surface area contributed by atoms with Gasteiger partial charge in [0.15, 0.2) is 8.07 Å². The lowest BCUT2D eigenvalue weighted by Crippen LogP contribution is -2.75. The van der Waals surface area contributed by atoms with E-state index in [2.05, 4.69) is 342 Å². The Morgan fingerprint density at radius 2 is 0.418 bits per heavy atom. The predicted octanol–water partition coefficient (Wildman–Crippen LogP) is 13.4. The van der Waals surface area contributed by atoms with Gasteiger partial charge in [0.1, 0.15) is 0 Å². The van der Waals surface area contributed by atoms with Crippen molar-refractivity contribution in [1.82, 2.24) is 0 Å². The van der Waals surface area contributed by atoms with Crippen LogP contribution in [0.2, 0.25) is 0 Å². The minimum absolute atomic E-state index is 0.0310. The van der Waals surface area contributed by atoms with Crippen LogP contribution in [0.5, 0.6) is 0 Å². The Morgan fingerprint density at radius 1 is 0.176 bits per heavy atom. The van der Waals surface area contributed by atoms with Crippen molar-refractivity contribution in [2.24, 2.45) is 0 Å². The molecule has 20 rings (SSSR count). The van der Waals surface area contributed by atoms with Gasteiger partial charge in [-0.05, 0) is 147 Å². The molecule has 0 fully saturated rings. The van der Waals surface area contributed by atoms with Crippen LogP contribution in [0.4, 0.5) is 34.1 Å². The van der Waals surface area contributed by atoms with Gasteiger partial charge >= 0.3 is 20.5 Å². The van der Waals surface area contributed by atoms with Gasteiger partial charge in [-0.1, -0.05) is 279 Å². The average molecular weight is 1170 g/mol. The summed E-state index contributed by atoms with van der Waals surface area (Å²) in [6, 6.07) is 125. The number of rotatable bonds is 5. The first kappa shape index (κ1) is 50.8. The molecule has 418 valence electrons. The van der Waals surface area contributed by atoms with Gasteiger partial charge in [0.2, 0.25) is 0 Å². The van der Waals surface area contributed by atoms with E-state index in [4.69, 9.17) is 0 Å². The lowest BCUT2D eigenvalue weighted by atomic mass is 9.43. The second kappa shape index (κ2) is 19.4. The summed E-state index contributed by atoms with van der Waals surface area (Å²) in [6.07, 6.45) is 0. The minimum atomic E-state index is -3.17. The predicted molar refractivity (Wildman–Crippen MR) is 389 cm³/mol. The first-order chi connectivity index (χ1) is 45.2. The molecule has 0 N–H and O–H groups in total. The summed E-state index contributed by atoms with van der Waals surface area (Å²) in [5, 5.41) is 5.40. The van der Waals surface area contributed by atoms with Crippen molar-refractivity contribution >= 4 is 116 Å². The van der Waals surface area contributed by atoms with E-state index in [0.717, 1.165) is 0 Å². The standard InChI is InChI=1S/C84H54B3N3Si/c1-3-23-57(24-4-1)91(58-25-5-2-6-26-58,59-45-49-83-71(53-59)65-31-11-19-39-77(65)86-74-36-16-8-28-62(74)68-34-14-22-42-80(68)89(83)86)60-46-50-84-72(54-60)66-32-12-20-40-78(66)87-76-38-18-10-30-64(76)70-52-56(44-48-82(70)90(84)87)55-43-47-81-69(51-55)63-29-9-17-37-75(63)85-73-35-15-7-27-61(73)67-33-13-21-41-79(67)88(81)85/h1-54H. The van der Waals surface area contributed by atoms with Gasteiger partial charge in [0, 0.05) is 67.5 Å². The van der Waals surface area contributed by atoms with E-state index in [9.17, 15) is 0 Å². The smallest absolute Gasteiger partial charge is 0.329 e. The van der Waals surface area contributed by atoms with Crippen molar-refractivity contribution in [3.63, 3.8) is 0 Å². The van der Waals surface area contributed by atoms with Gasteiger partial charge in [0.25, 0.3) is 0 Å². The Labute approximate surface area is 532 Å². The van der Waals surface area contributed by atoms with Crippen molar-refractivity contribution in [2.75, 3.05) is 14.4 Å². The van der Waals surface area contributed by atoms with Crippen molar-refractivity contribution in [3.8, 4) is 77.9 Å². The number of nitrogens with zero attached hydrogens (tertiary/aromatic N) is 3. The van der Waals surface area contributed by atoms with Crippen LogP contribution in [-0.4, -0.2) is 28.6 Å². The summed E-state index contributed by atoms with van der Waals surface area (Å²) >= 11 is 0. The molecule has 0 amide bonds. The summed E-state index contributed by atoms with van der Waals surface area (Å²) in [7, 11) is -3.17. The molecule has 14 aromatic rings. The second-order valence-corrected chi connectivity index (χ2v) is 29.1. The minimum Gasteiger partial charge on any atom is -0.376 e. The van der Waals surface area contributed by atoms with Gasteiger partial charge in [-0.2, -0.15) is 0 Å². The Hall–Kier alpha value is -11.1. The van der Waals surface area contributed by atoms with Crippen LogP contribution in [0.1, 0.15) is 0 Å². The maximum atomic E-state index is 2.67. The van der Waals surface area contributed by atoms with E-state index in [1.165, 1.54) is 166 Å². The summed E-state index contributed by atoms with van der Waals surface area (Å²) in [6.45, 7) is 0.0791. The van der Waals surface area contributed by atoms with Crippen LogP contribution in [0.25, 0.3) is 77.9 Å². The lowest BCUT2D eigenvalue weighted by molar-refractivity contribution is 1.34. The van der Waals surface area contributed by atoms with Crippen molar-refractivity contribution in [2.45, 2.75) is 0 Å². The molecule has 14 aromatic carbocycles. The Balaban J connectivity index is 0.763. The fourth-order valence-corrected chi connectivity index (χ4v) is 22.1. The quantitative estimate of drug-likeness (QED) is 0.126. The number of hydrogen-bond acceptors (Lipinski definition) is 3. The number of hydrogen-bond donors (Lipinski definition) is 0. The molecule has 6 aliphatic rings. The van der Waals surface area contributed by atoms with Crippen molar-refractivity contribution < 1.29 is 0 Å². The molecular weight excluding hydrogens is 1110 g/mol. The summed E-state index contributed by atoms with van der Waals surface area (Å²) in [5.41, 5.74) is 33.1. The third kappa shape index (κ3) is 7.07. The third-order valence-corrected chi connectivity index (χ3v) is 25.8. The fraction of sp³-hybridized carbons (Fsp3) is 0. The van der Waals surface area contributed by atoms with Crippen LogP contribution in [0.15, 0.2) is 328 Å². The Morgan fingerprint density at radius 3 is 0.747 bits per heavy atom. The number of fused-ring (bicyclic) bond motifs is 33. The van der Waals surface area contributed by atoms with Crippen LogP contribution < -0.4 is 68.0 Å². The SMILES string of the molecule is c1ccc([Si](c2ccccc2)(c2ccc3c(c2)-c2ccccc2B2c4ccccc4-c4ccccc4N23)c2ccc3c(c2)-c2ccccc2B2c4ccccc4-c4cc(-c5ccc6c(c5)-c5ccccc5B5c7ccccc7-c7ccccc7N56)ccc4N23)cc1. The first-order valence-corrected chi connectivity index (χ1v) is 34.0. The van der Waals surface area contributed by atoms with Gasteiger partial charge in [-0.15, -0.1) is 0 Å². The Bertz CT molecular complexity index is 5360. The van der Waals surface area contributed by atoms with Gasteiger partial charge in [0.05, 0.1) is 0 Å². The molecule has 0 radical (unpaired) electrons. The number of para-hydroxylation sites is 2. The average Bonchev–Trinajstić information content (AvgIpc) is 0.726. The van der Waals surface area contributed by atoms with Crippen LogP contribution >= 0.6 is 0 Å². The normalized spacial score (nSPS) is 13.6. The Kier molecular flexibility index (Phi) is 10.9. The maximum absolute atomic E-state index is 3.17. The molecule has 0 unspecified atom stereocenters. The highest BCUT2D eigenvalue weighted by atomic mass is 28.3. The monoisotopic (exact) mass is 1170 g/mol. The van der Waals surface area contributed by atoms with Gasteiger partial charge < -0.3 is 14.4 Å². The third-order valence-electron chi connectivity index (χ3n) is 21.0. The van der Waals surface area contributed by atoms with Crippen LogP contribution in [0.3, 0.4) is 0 Å². The van der Waals surface area contributed by atoms with Crippen LogP contribution in [0, 0.1) is 0 Å². The molecule has 0 saturated heterocycles. The topological polar surface area (TPSA) is 9.72 Å². The van der Waals surface area contributed by atoms with Gasteiger partial charge in [-0.25, -0.2) is 0 Å². The molecule has 0 saturated carbocycles. The highest BCUT2D eigenvalue weighted by Gasteiger charge is 2.49. The van der Waals surface area contributed by atoms with Gasteiger partial charge in [-0.3, -0.25) is 0 Å². The van der Waals surface area contributed by atoms with E-state index in [-0.39, 0.29) is 20.5 Å². The number of anilines is 6. The van der Waals surface area contributed by atoms with E-state index in [1.807, 2.05) is 0 Å².